The van der Waals surface area contributed by atoms with Crippen LogP contribution in [0.25, 0.3) is 0 Å². The third-order valence-corrected chi connectivity index (χ3v) is 4.30. The lowest BCUT2D eigenvalue weighted by Crippen LogP contribution is -2.33. The van der Waals surface area contributed by atoms with Gasteiger partial charge in [-0.15, -0.1) is 0 Å². The van der Waals surface area contributed by atoms with Crippen LogP contribution in [0.15, 0.2) is 30.3 Å². The quantitative estimate of drug-likeness (QED) is 0.816. The SMILES string of the molecule is COCCCNC(=O)c1cc(C)nc(N2CCc3ccccc3C2)n1. The number of carbonyl (C=O) groups excluding carboxylic acids is 1. The number of hydrogen-bond acceptors (Lipinski definition) is 5. The summed E-state index contributed by atoms with van der Waals surface area (Å²) in [5, 5.41) is 2.88. The Morgan fingerprint density at radius 2 is 2.08 bits per heavy atom. The van der Waals surface area contributed by atoms with Gasteiger partial charge in [0.05, 0.1) is 0 Å². The van der Waals surface area contributed by atoms with E-state index in [1.165, 1.54) is 11.1 Å². The van der Waals surface area contributed by atoms with Crippen LogP contribution >= 0.6 is 0 Å². The van der Waals surface area contributed by atoms with Gasteiger partial charge in [-0.05, 0) is 37.0 Å². The molecule has 0 bridgehead atoms. The Balaban J connectivity index is 1.73. The van der Waals surface area contributed by atoms with Crippen LogP contribution in [0.5, 0.6) is 0 Å². The molecule has 25 heavy (non-hydrogen) atoms. The summed E-state index contributed by atoms with van der Waals surface area (Å²) in [6.07, 6.45) is 1.74. The van der Waals surface area contributed by atoms with Gasteiger partial charge in [0.2, 0.25) is 5.95 Å². The molecule has 1 aliphatic heterocycles. The smallest absolute Gasteiger partial charge is 0.270 e. The Labute approximate surface area is 148 Å². The number of amides is 1. The number of carbonyl (C=O) groups is 1. The molecular weight excluding hydrogens is 316 g/mol. The number of nitrogens with zero attached hydrogens (tertiary/aromatic N) is 3. The minimum absolute atomic E-state index is 0.166. The number of anilines is 1. The zero-order valence-electron chi connectivity index (χ0n) is 14.8. The number of aryl methyl sites for hydroxylation is 1. The topological polar surface area (TPSA) is 67.3 Å². The molecule has 2 aromatic rings. The summed E-state index contributed by atoms with van der Waals surface area (Å²) in [5.41, 5.74) is 3.89. The molecule has 1 aliphatic rings. The Morgan fingerprint density at radius 3 is 2.88 bits per heavy atom. The summed E-state index contributed by atoms with van der Waals surface area (Å²) in [5.74, 6) is 0.455. The number of fused-ring (bicyclic) bond motifs is 1. The zero-order valence-corrected chi connectivity index (χ0v) is 14.8. The van der Waals surface area contributed by atoms with Crippen molar-refractivity contribution >= 4 is 11.9 Å². The maximum atomic E-state index is 12.3. The molecule has 1 N–H and O–H groups in total. The summed E-state index contributed by atoms with van der Waals surface area (Å²) >= 11 is 0. The number of aromatic nitrogens is 2. The number of benzene rings is 1. The maximum Gasteiger partial charge on any atom is 0.270 e. The van der Waals surface area contributed by atoms with E-state index in [1.54, 1.807) is 13.2 Å². The first-order chi connectivity index (χ1) is 12.2. The third kappa shape index (κ3) is 4.33. The predicted molar refractivity (Wildman–Crippen MR) is 96.8 cm³/mol. The highest BCUT2D eigenvalue weighted by Gasteiger charge is 2.20. The molecular formula is C19H24N4O2. The highest BCUT2D eigenvalue weighted by Crippen LogP contribution is 2.22. The number of ether oxygens (including phenoxy) is 1. The second-order valence-electron chi connectivity index (χ2n) is 6.24. The van der Waals surface area contributed by atoms with Gasteiger partial charge in [-0.2, -0.15) is 0 Å². The van der Waals surface area contributed by atoms with E-state index in [1.807, 2.05) is 6.92 Å². The van der Waals surface area contributed by atoms with Crippen molar-refractivity contribution in [3.63, 3.8) is 0 Å². The molecule has 0 unspecified atom stereocenters. The van der Waals surface area contributed by atoms with E-state index in [9.17, 15) is 4.79 Å². The first kappa shape index (κ1) is 17.4. The Kier molecular flexibility index (Phi) is 5.60. The van der Waals surface area contributed by atoms with Gasteiger partial charge in [0.1, 0.15) is 5.69 Å². The summed E-state index contributed by atoms with van der Waals surface area (Å²) < 4.78 is 4.99. The number of rotatable bonds is 6. The lowest BCUT2D eigenvalue weighted by atomic mass is 10.0. The van der Waals surface area contributed by atoms with E-state index < -0.39 is 0 Å². The first-order valence-electron chi connectivity index (χ1n) is 8.62. The van der Waals surface area contributed by atoms with Crippen LogP contribution < -0.4 is 10.2 Å². The van der Waals surface area contributed by atoms with Crippen molar-refractivity contribution in [2.24, 2.45) is 0 Å². The van der Waals surface area contributed by atoms with E-state index in [2.05, 4.69) is 44.5 Å². The third-order valence-electron chi connectivity index (χ3n) is 4.30. The van der Waals surface area contributed by atoms with Crippen LogP contribution in [0.2, 0.25) is 0 Å². The highest BCUT2D eigenvalue weighted by molar-refractivity contribution is 5.92. The van der Waals surface area contributed by atoms with E-state index >= 15 is 0 Å². The molecule has 0 saturated heterocycles. The van der Waals surface area contributed by atoms with E-state index in [0.29, 0.717) is 24.8 Å². The fraction of sp³-hybridized carbons (Fsp3) is 0.421. The van der Waals surface area contributed by atoms with Gasteiger partial charge in [0, 0.05) is 39.0 Å². The van der Waals surface area contributed by atoms with Crippen molar-refractivity contribution in [1.82, 2.24) is 15.3 Å². The van der Waals surface area contributed by atoms with Crippen LogP contribution in [-0.4, -0.2) is 42.7 Å². The minimum atomic E-state index is -0.166. The summed E-state index contributed by atoms with van der Waals surface area (Å²) in [6, 6.07) is 10.2. The first-order valence-corrected chi connectivity index (χ1v) is 8.62. The van der Waals surface area contributed by atoms with Gasteiger partial charge in [-0.1, -0.05) is 24.3 Å². The van der Waals surface area contributed by atoms with Gasteiger partial charge in [0.15, 0.2) is 0 Å². The second kappa shape index (κ2) is 8.07. The van der Waals surface area contributed by atoms with Crippen molar-refractivity contribution in [2.75, 3.05) is 31.7 Å². The minimum Gasteiger partial charge on any atom is -0.385 e. The second-order valence-corrected chi connectivity index (χ2v) is 6.24. The van der Waals surface area contributed by atoms with Gasteiger partial charge in [0.25, 0.3) is 5.91 Å². The fourth-order valence-corrected chi connectivity index (χ4v) is 2.99. The number of methoxy groups -OCH3 is 1. The molecule has 0 saturated carbocycles. The van der Waals surface area contributed by atoms with Crippen LogP contribution in [-0.2, 0) is 17.7 Å². The Morgan fingerprint density at radius 1 is 1.28 bits per heavy atom. The maximum absolute atomic E-state index is 12.3. The predicted octanol–water partition coefficient (Wildman–Crippen LogP) is 2.11. The Bertz CT molecular complexity index is 748. The monoisotopic (exact) mass is 340 g/mol. The lowest BCUT2D eigenvalue weighted by molar-refractivity contribution is 0.0943. The van der Waals surface area contributed by atoms with Crippen LogP contribution in [0.1, 0.15) is 33.7 Å². The van der Waals surface area contributed by atoms with Gasteiger partial charge in [-0.25, -0.2) is 9.97 Å². The molecule has 0 radical (unpaired) electrons. The van der Waals surface area contributed by atoms with Crippen molar-refractivity contribution in [3.05, 3.63) is 52.8 Å². The van der Waals surface area contributed by atoms with E-state index in [0.717, 1.165) is 31.6 Å². The Hall–Kier alpha value is -2.47. The van der Waals surface area contributed by atoms with Gasteiger partial charge in [-0.3, -0.25) is 4.79 Å². The van der Waals surface area contributed by atoms with Crippen molar-refractivity contribution in [2.45, 2.75) is 26.3 Å². The highest BCUT2D eigenvalue weighted by atomic mass is 16.5. The molecule has 132 valence electrons. The number of hydrogen-bond donors (Lipinski definition) is 1. The standard InChI is InChI=1S/C19H24N4O2/c1-14-12-17(18(24)20-9-5-11-25-2)22-19(21-14)23-10-8-15-6-3-4-7-16(15)13-23/h3-4,6-7,12H,5,8-11,13H2,1-2H3,(H,20,24). The molecule has 1 amide bonds. The average Bonchev–Trinajstić information content (AvgIpc) is 2.64. The van der Waals surface area contributed by atoms with Gasteiger partial charge < -0.3 is 15.0 Å². The molecule has 6 heteroatoms. The normalized spacial score (nSPS) is 13.4. The molecule has 0 fully saturated rings. The molecule has 3 rings (SSSR count). The fourth-order valence-electron chi connectivity index (χ4n) is 2.99. The molecule has 0 atom stereocenters. The van der Waals surface area contributed by atoms with E-state index in [4.69, 9.17) is 4.74 Å². The molecule has 1 aromatic carbocycles. The van der Waals surface area contributed by atoms with Gasteiger partial charge >= 0.3 is 0 Å². The van der Waals surface area contributed by atoms with Crippen LogP contribution in [0, 0.1) is 6.92 Å². The average molecular weight is 340 g/mol. The number of nitrogens with one attached hydrogen (secondary N) is 1. The largest absolute Gasteiger partial charge is 0.385 e. The molecule has 2 heterocycles. The molecule has 6 nitrogen and oxygen atoms in total. The van der Waals surface area contributed by atoms with Crippen LogP contribution in [0.4, 0.5) is 5.95 Å². The van der Waals surface area contributed by atoms with Crippen molar-refractivity contribution < 1.29 is 9.53 Å². The van der Waals surface area contributed by atoms with Crippen LogP contribution in [0.3, 0.4) is 0 Å². The zero-order chi connectivity index (χ0) is 17.6. The molecule has 0 spiro atoms. The molecule has 1 aromatic heterocycles. The van der Waals surface area contributed by atoms with E-state index in [-0.39, 0.29) is 5.91 Å². The summed E-state index contributed by atoms with van der Waals surface area (Å²) in [7, 11) is 1.65. The van der Waals surface area contributed by atoms with Crippen molar-refractivity contribution in [1.29, 1.82) is 0 Å². The summed E-state index contributed by atoms with van der Waals surface area (Å²) in [6.45, 7) is 4.72. The van der Waals surface area contributed by atoms with Crippen molar-refractivity contribution in [3.8, 4) is 0 Å². The lowest BCUT2D eigenvalue weighted by Gasteiger charge is -2.29. The summed E-state index contributed by atoms with van der Waals surface area (Å²) in [4.78, 5) is 23.5. The molecule has 0 aliphatic carbocycles.